The number of ether oxygens (including phenoxy) is 1. The van der Waals surface area contributed by atoms with Crippen LogP contribution >= 0.6 is 0 Å². The number of carbonyl (C=O) groups excluding carboxylic acids is 1. The van der Waals surface area contributed by atoms with Gasteiger partial charge in [0.15, 0.2) is 6.61 Å². The molecule has 0 saturated heterocycles. The maximum absolute atomic E-state index is 11.9. The van der Waals surface area contributed by atoms with Gasteiger partial charge in [0, 0.05) is 6.92 Å². The van der Waals surface area contributed by atoms with Gasteiger partial charge in [0.2, 0.25) is 21.7 Å². The molecule has 2 aromatic rings. The summed E-state index contributed by atoms with van der Waals surface area (Å²) in [6.45, 7) is 1.64. The maximum Gasteiger partial charge on any atom is 0.268 e. The minimum atomic E-state index is -3.65. The molecule has 1 aromatic carbocycles. The Balaban J connectivity index is 2.15. The molecule has 0 aliphatic rings. The van der Waals surface area contributed by atoms with Crippen LogP contribution in [0.4, 0.5) is 0 Å². The van der Waals surface area contributed by atoms with Crippen molar-refractivity contribution in [2.45, 2.75) is 13.5 Å². The average molecular weight is 311 g/mol. The van der Waals surface area contributed by atoms with E-state index in [0.29, 0.717) is 11.7 Å². The topological polar surface area (TPSA) is 111 Å². The van der Waals surface area contributed by atoms with Crippen molar-refractivity contribution in [2.75, 3.05) is 6.26 Å². The van der Waals surface area contributed by atoms with E-state index < -0.39 is 15.9 Å². The Morgan fingerprint density at radius 2 is 2.10 bits per heavy atom. The summed E-state index contributed by atoms with van der Waals surface area (Å²) in [7, 11) is -3.65. The van der Waals surface area contributed by atoms with Gasteiger partial charge in [-0.25, -0.2) is 13.1 Å². The molecule has 0 atom stereocenters. The second-order valence-electron chi connectivity index (χ2n) is 4.22. The van der Waals surface area contributed by atoms with Crippen molar-refractivity contribution in [3.63, 3.8) is 0 Å². The fourth-order valence-electron chi connectivity index (χ4n) is 1.55. The Morgan fingerprint density at radius 1 is 1.38 bits per heavy atom. The van der Waals surface area contributed by atoms with Crippen molar-refractivity contribution in [3.05, 3.63) is 41.5 Å². The summed E-state index contributed by atoms with van der Waals surface area (Å²) in [5.74, 6) is 0.182. The summed E-state index contributed by atoms with van der Waals surface area (Å²) >= 11 is 0. The highest BCUT2D eigenvalue weighted by molar-refractivity contribution is 7.89. The molecule has 0 unspecified atom stereocenters. The third kappa shape index (κ3) is 4.28. The lowest BCUT2D eigenvalue weighted by atomic mass is 10.2. The molecule has 1 aromatic heterocycles. The molecule has 0 aliphatic carbocycles. The first-order valence-corrected chi connectivity index (χ1v) is 7.77. The Hall–Kier alpha value is -2.42. The minimum absolute atomic E-state index is 0.000504. The zero-order chi connectivity index (χ0) is 15.5. The van der Waals surface area contributed by atoms with E-state index in [2.05, 4.69) is 10.1 Å². The van der Waals surface area contributed by atoms with Gasteiger partial charge in [-0.15, -0.1) is 0 Å². The van der Waals surface area contributed by atoms with Gasteiger partial charge >= 0.3 is 0 Å². The Kier molecular flexibility index (Phi) is 4.22. The number of hydrogen-bond acceptors (Lipinski definition) is 7. The number of nitrogens with zero attached hydrogens (tertiary/aromatic N) is 2. The van der Waals surface area contributed by atoms with Crippen LogP contribution in [0.1, 0.15) is 22.1 Å². The maximum atomic E-state index is 11.9. The van der Waals surface area contributed by atoms with E-state index in [0.717, 1.165) is 6.26 Å². The highest BCUT2D eigenvalue weighted by Crippen LogP contribution is 2.19. The fraction of sp³-hybridized carbons (Fsp3) is 0.250. The van der Waals surface area contributed by atoms with Crippen LogP contribution in [0.25, 0.3) is 0 Å². The van der Waals surface area contributed by atoms with Crippen molar-refractivity contribution in [3.8, 4) is 5.75 Å². The molecule has 1 N–H and O–H groups in total. The second kappa shape index (κ2) is 5.92. The summed E-state index contributed by atoms with van der Waals surface area (Å²) in [6, 6.07) is 6.26. The molecule has 1 heterocycles. The van der Waals surface area contributed by atoms with Gasteiger partial charge in [0.25, 0.3) is 5.91 Å². The third-order valence-electron chi connectivity index (χ3n) is 2.34. The normalized spacial score (nSPS) is 11.1. The molecule has 0 fully saturated rings. The van der Waals surface area contributed by atoms with Crippen molar-refractivity contribution in [1.82, 2.24) is 14.9 Å². The number of amides is 1. The molecular formula is C12H13N3O5S. The Morgan fingerprint density at radius 3 is 2.71 bits per heavy atom. The Bertz CT molecular complexity index is 754. The second-order valence-corrected chi connectivity index (χ2v) is 5.97. The van der Waals surface area contributed by atoms with Crippen molar-refractivity contribution >= 4 is 15.9 Å². The number of para-hydroxylation sites is 1. The van der Waals surface area contributed by atoms with E-state index in [9.17, 15) is 13.2 Å². The van der Waals surface area contributed by atoms with Gasteiger partial charge in [-0.1, -0.05) is 17.3 Å². The molecular weight excluding hydrogens is 298 g/mol. The van der Waals surface area contributed by atoms with E-state index in [-0.39, 0.29) is 17.9 Å². The van der Waals surface area contributed by atoms with Gasteiger partial charge in [0.1, 0.15) is 5.75 Å². The van der Waals surface area contributed by atoms with Crippen LogP contribution in [0.5, 0.6) is 5.75 Å². The quantitative estimate of drug-likeness (QED) is 0.862. The number of aromatic nitrogens is 2. The van der Waals surface area contributed by atoms with Crippen LogP contribution in [0.2, 0.25) is 0 Å². The summed E-state index contributed by atoms with van der Waals surface area (Å²) in [5, 5.41) is 3.66. The monoisotopic (exact) mass is 311 g/mol. The van der Waals surface area contributed by atoms with E-state index in [4.69, 9.17) is 9.26 Å². The van der Waals surface area contributed by atoms with Crippen LogP contribution in [0, 0.1) is 6.92 Å². The molecule has 0 aliphatic heterocycles. The first kappa shape index (κ1) is 15.0. The van der Waals surface area contributed by atoms with Crippen molar-refractivity contribution in [2.24, 2.45) is 0 Å². The van der Waals surface area contributed by atoms with Crippen LogP contribution < -0.4 is 9.46 Å². The standard InChI is InChI=1S/C12H13N3O5S/c1-8-13-11(14-20-8)7-19-10-6-4-3-5-9(10)12(16)15-21(2,17)18/h3-6H,7H2,1-2H3,(H,15,16). The Labute approximate surface area is 121 Å². The average Bonchev–Trinajstić information content (AvgIpc) is 2.80. The first-order valence-electron chi connectivity index (χ1n) is 5.88. The van der Waals surface area contributed by atoms with Crippen LogP contribution in [0.15, 0.2) is 28.8 Å². The predicted molar refractivity (Wildman–Crippen MR) is 72.1 cm³/mol. The largest absolute Gasteiger partial charge is 0.485 e. The molecule has 8 nitrogen and oxygen atoms in total. The lowest BCUT2D eigenvalue weighted by molar-refractivity contribution is 0.0977. The number of nitrogens with one attached hydrogen (secondary N) is 1. The van der Waals surface area contributed by atoms with E-state index in [1.807, 2.05) is 4.72 Å². The van der Waals surface area contributed by atoms with E-state index in [1.54, 1.807) is 25.1 Å². The molecule has 1 amide bonds. The van der Waals surface area contributed by atoms with Gasteiger partial charge < -0.3 is 9.26 Å². The smallest absolute Gasteiger partial charge is 0.268 e. The summed E-state index contributed by atoms with van der Waals surface area (Å²) in [4.78, 5) is 15.8. The summed E-state index contributed by atoms with van der Waals surface area (Å²) < 4.78 is 34.3. The van der Waals surface area contributed by atoms with E-state index >= 15 is 0 Å². The molecule has 0 spiro atoms. The van der Waals surface area contributed by atoms with Crippen LogP contribution in [0.3, 0.4) is 0 Å². The minimum Gasteiger partial charge on any atom is -0.485 e. The van der Waals surface area contributed by atoms with Crippen LogP contribution in [-0.4, -0.2) is 30.7 Å². The lowest BCUT2D eigenvalue weighted by Gasteiger charge is -2.09. The highest BCUT2D eigenvalue weighted by Gasteiger charge is 2.16. The zero-order valence-electron chi connectivity index (χ0n) is 11.4. The van der Waals surface area contributed by atoms with Gasteiger partial charge in [-0.2, -0.15) is 4.98 Å². The van der Waals surface area contributed by atoms with Crippen molar-refractivity contribution < 1.29 is 22.5 Å². The number of carbonyl (C=O) groups is 1. The molecule has 0 saturated carbocycles. The number of aryl methyl sites for hydroxylation is 1. The number of sulfonamides is 1. The van der Waals surface area contributed by atoms with Gasteiger partial charge in [-0.05, 0) is 12.1 Å². The van der Waals surface area contributed by atoms with Gasteiger partial charge in [-0.3, -0.25) is 4.79 Å². The van der Waals surface area contributed by atoms with Crippen molar-refractivity contribution in [1.29, 1.82) is 0 Å². The number of benzene rings is 1. The number of hydrogen-bond donors (Lipinski definition) is 1. The number of rotatable bonds is 5. The summed E-state index contributed by atoms with van der Waals surface area (Å²) in [6.07, 6.45) is 0.899. The highest BCUT2D eigenvalue weighted by atomic mass is 32.2. The van der Waals surface area contributed by atoms with Crippen LogP contribution in [-0.2, 0) is 16.6 Å². The third-order valence-corrected chi connectivity index (χ3v) is 2.89. The molecule has 9 heteroatoms. The molecule has 0 bridgehead atoms. The lowest BCUT2D eigenvalue weighted by Crippen LogP contribution is -2.29. The molecule has 112 valence electrons. The first-order chi connectivity index (χ1) is 9.85. The fourth-order valence-corrected chi connectivity index (χ4v) is 1.99. The molecule has 2 rings (SSSR count). The SMILES string of the molecule is Cc1nc(COc2ccccc2C(=O)NS(C)(=O)=O)no1. The predicted octanol–water partition coefficient (Wildman–Crippen LogP) is 0.646. The summed E-state index contributed by atoms with van der Waals surface area (Å²) in [5.41, 5.74) is 0.100. The zero-order valence-corrected chi connectivity index (χ0v) is 12.2. The van der Waals surface area contributed by atoms with Gasteiger partial charge in [0.05, 0.1) is 11.8 Å². The molecule has 0 radical (unpaired) electrons. The molecule has 21 heavy (non-hydrogen) atoms. The van der Waals surface area contributed by atoms with E-state index in [1.165, 1.54) is 6.07 Å².